The van der Waals surface area contributed by atoms with Crippen molar-refractivity contribution < 1.29 is 33.7 Å². The predicted molar refractivity (Wildman–Crippen MR) is 191 cm³/mol. The summed E-state index contributed by atoms with van der Waals surface area (Å²) in [5.41, 5.74) is 4.18. The monoisotopic (exact) mass is 684 g/mol. The number of methoxy groups -OCH3 is 3. The third kappa shape index (κ3) is 7.24. The van der Waals surface area contributed by atoms with Crippen LogP contribution < -0.4 is 35.6 Å². The van der Waals surface area contributed by atoms with E-state index >= 15 is 0 Å². The molecule has 0 aliphatic heterocycles. The van der Waals surface area contributed by atoms with E-state index in [4.69, 9.17) is 14.2 Å². The molecule has 1 heterocycles. The number of nitrogens with one attached hydrogen (secondary N) is 4. The van der Waals surface area contributed by atoms with Crippen molar-refractivity contribution in [1.82, 2.24) is 15.6 Å². The number of carbonyl (C=O) groups excluding carboxylic acids is 2. The molecule has 12 nitrogen and oxygen atoms in total. The molecule has 12 heteroatoms. The Bertz CT molecular complexity index is 1970. The van der Waals surface area contributed by atoms with Crippen molar-refractivity contribution in [2.45, 2.75) is 64.6 Å². The number of para-hydroxylation sites is 1. The van der Waals surface area contributed by atoms with Gasteiger partial charge < -0.3 is 40.3 Å². The summed E-state index contributed by atoms with van der Waals surface area (Å²) < 4.78 is 17.1. The Morgan fingerprint density at radius 1 is 1.02 bits per heavy atom. The Kier molecular flexibility index (Phi) is 11.0. The fourth-order valence-corrected chi connectivity index (χ4v) is 6.68. The summed E-state index contributed by atoms with van der Waals surface area (Å²) in [6, 6.07) is 11.6. The molecule has 5 rings (SSSR count). The lowest BCUT2D eigenvalue weighted by Crippen LogP contribution is -2.51. The summed E-state index contributed by atoms with van der Waals surface area (Å²) in [7, 11) is 4.59. The van der Waals surface area contributed by atoms with E-state index in [1.54, 1.807) is 25.4 Å². The number of benzene rings is 2. The number of aliphatic carboxylic acids is 1. The number of hydrogen-bond donors (Lipinski definition) is 5. The number of carboxylic acids is 1. The highest BCUT2D eigenvalue weighted by atomic mass is 16.5. The third-order valence-electron chi connectivity index (χ3n) is 9.44. The van der Waals surface area contributed by atoms with Crippen LogP contribution in [-0.4, -0.2) is 61.3 Å². The lowest BCUT2D eigenvalue weighted by molar-refractivity contribution is -0.142. The summed E-state index contributed by atoms with van der Waals surface area (Å²) in [6.45, 7) is 5.21. The van der Waals surface area contributed by atoms with E-state index in [0.29, 0.717) is 53.2 Å². The van der Waals surface area contributed by atoms with Crippen LogP contribution in [0.3, 0.4) is 0 Å². The Hall–Kier alpha value is -5.52. The zero-order chi connectivity index (χ0) is 36.1. The molecule has 2 amide bonds. The Morgan fingerprint density at radius 3 is 2.42 bits per heavy atom. The van der Waals surface area contributed by atoms with Crippen LogP contribution in [0, 0.1) is 5.92 Å². The first-order chi connectivity index (χ1) is 24.0. The van der Waals surface area contributed by atoms with Gasteiger partial charge in [0, 0.05) is 36.0 Å². The van der Waals surface area contributed by atoms with E-state index in [2.05, 4.69) is 20.9 Å². The third-order valence-corrected chi connectivity index (χ3v) is 9.44. The molecule has 0 saturated heterocycles. The van der Waals surface area contributed by atoms with Crippen molar-refractivity contribution in [3.63, 3.8) is 0 Å². The average Bonchev–Trinajstić information content (AvgIpc) is 3.36. The Labute approximate surface area is 290 Å². The van der Waals surface area contributed by atoms with E-state index < -0.39 is 35.4 Å². The van der Waals surface area contributed by atoms with Crippen LogP contribution >= 0.6 is 0 Å². The second-order valence-electron chi connectivity index (χ2n) is 12.6. The quantitative estimate of drug-likeness (QED) is 0.130. The molecular formula is C38H44N4O8. The van der Waals surface area contributed by atoms with Crippen molar-refractivity contribution in [2.24, 2.45) is 5.92 Å². The molecule has 0 saturated carbocycles. The molecule has 1 aliphatic rings. The van der Waals surface area contributed by atoms with Gasteiger partial charge in [-0.3, -0.25) is 14.4 Å². The number of aromatic amines is 1. The standard InChI is InChI=1S/C38H44N4O8/c1-7-20(2)34(37(45)42-30(38(46)47)16-23-19-39-27-11-9-8-10-24(23)27)41-29-15-13-25-26(18-31(29)44)28(40-21(3)43)14-12-22-17-32(48-4)35(49-5)36(50-6)33(22)25/h8-11,13,15,17-20,28,30,34,39H,7,12,14,16H2,1-6H3,(H,40,43)(H,41,44)(H,42,45)(H,46,47)/t20-,28-,30-,34-/m0/s1. The van der Waals surface area contributed by atoms with Crippen molar-refractivity contribution in [1.29, 1.82) is 0 Å². The van der Waals surface area contributed by atoms with Gasteiger partial charge in [0.15, 0.2) is 11.5 Å². The number of anilines is 1. The first kappa shape index (κ1) is 35.8. The number of hydrogen-bond acceptors (Lipinski definition) is 8. The number of fused-ring (bicyclic) bond motifs is 4. The van der Waals surface area contributed by atoms with Crippen LogP contribution in [0.2, 0.25) is 0 Å². The lowest BCUT2D eigenvalue weighted by Gasteiger charge is -2.26. The molecule has 0 spiro atoms. The molecule has 0 fully saturated rings. The lowest BCUT2D eigenvalue weighted by atomic mass is 9.95. The van der Waals surface area contributed by atoms with Crippen molar-refractivity contribution in [3.8, 4) is 28.4 Å². The van der Waals surface area contributed by atoms with E-state index in [9.17, 15) is 24.3 Å². The maximum absolute atomic E-state index is 14.0. The van der Waals surface area contributed by atoms with E-state index in [1.165, 1.54) is 27.2 Å². The topological polar surface area (TPSA) is 168 Å². The van der Waals surface area contributed by atoms with Crippen LogP contribution in [0.5, 0.6) is 17.2 Å². The minimum absolute atomic E-state index is 0.0676. The van der Waals surface area contributed by atoms with Crippen LogP contribution in [0.4, 0.5) is 5.69 Å². The highest BCUT2D eigenvalue weighted by Crippen LogP contribution is 2.50. The van der Waals surface area contributed by atoms with E-state index in [1.807, 2.05) is 44.2 Å². The largest absolute Gasteiger partial charge is 0.493 e. The summed E-state index contributed by atoms with van der Waals surface area (Å²) in [5.74, 6) is -0.939. The number of aromatic nitrogens is 1. The first-order valence-electron chi connectivity index (χ1n) is 16.6. The van der Waals surface area contributed by atoms with Gasteiger partial charge in [0.2, 0.25) is 23.0 Å². The Morgan fingerprint density at radius 2 is 1.76 bits per heavy atom. The highest BCUT2D eigenvalue weighted by Gasteiger charge is 2.32. The van der Waals surface area contributed by atoms with Crippen LogP contribution in [0.1, 0.15) is 56.3 Å². The molecule has 0 unspecified atom stereocenters. The zero-order valence-corrected chi connectivity index (χ0v) is 29.1. The smallest absolute Gasteiger partial charge is 0.326 e. The van der Waals surface area contributed by atoms with Gasteiger partial charge in [0.25, 0.3) is 0 Å². The molecule has 1 aliphatic carbocycles. The summed E-state index contributed by atoms with van der Waals surface area (Å²) in [6.07, 6.45) is 3.44. The highest BCUT2D eigenvalue weighted by molar-refractivity contribution is 5.90. The van der Waals surface area contributed by atoms with Crippen molar-refractivity contribution >= 4 is 34.4 Å². The number of amides is 2. The van der Waals surface area contributed by atoms with Gasteiger partial charge in [-0.15, -0.1) is 0 Å². The number of ether oxygens (including phenoxy) is 3. The molecular weight excluding hydrogens is 640 g/mol. The normalized spacial score (nSPS) is 15.4. The molecule has 3 aromatic carbocycles. The minimum Gasteiger partial charge on any atom is -0.493 e. The first-order valence-corrected chi connectivity index (χ1v) is 16.6. The van der Waals surface area contributed by atoms with Crippen LogP contribution in [0.15, 0.2) is 59.5 Å². The second kappa shape index (κ2) is 15.4. The number of carbonyl (C=O) groups is 3. The van der Waals surface area contributed by atoms with Gasteiger partial charge in [-0.25, -0.2) is 4.79 Å². The van der Waals surface area contributed by atoms with Gasteiger partial charge in [-0.1, -0.05) is 44.5 Å². The Balaban J connectivity index is 1.55. The van der Waals surface area contributed by atoms with Gasteiger partial charge in [0.1, 0.15) is 12.1 Å². The fraction of sp³-hybridized carbons (Fsp3) is 0.368. The predicted octanol–water partition coefficient (Wildman–Crippen LogP) is 4.98. The molecule has 5 N–H and O–H groups in total. The van der Waals surface area contributed by atoms with Crippen LogP contribution in [0.25, 0.3) is 22.0 Å². The summed E-state index contributed by atoms with van der Waals surface area (Å²) in [4.78, 5) is 55.7. The number of rotatable bonds is 13. The maximum Gasteiger partial charge on any atom is 0.326 e. The summed E-state index contributed by atoms with van der Waals surface area (Å²) >= 11 is 0. The van der Waals surface area contributed by atoms with Gasteiger partial charge in [-0.05, 0) is 65.3 Å². The number of aryl methyl sites for hydroxylation is 1. The number of carboxylic acid groups (broad SMARTS) is 1. The molecule has 0 bridgehead atoms. The van der Waals surface area contributed by atoms with Gasteiger partial charge in [-0.2, -0.15) is 0 Å². The van der Waals surface area contributed by atoms with Crippen LogP contribution in [-0.2, 0) is 27.2 Å². The molecule has 1 aromatic heterocycles. The second-order valence-corrected chi connectivity index (χ2v) is 12.6. The molecule has 264 valence electrons. The number of H-pyrrole nitrogens is 1. The average molecular weight is 685 g/mol. The molecule has 4 atom stereocenters. The molecule has 4 aromatic rings. The molecule has 50 heavy (non-hydrogen) atoms. The van der Waals surface area contributed by atoms with Crippen molar-refractivity contribution in [2.75, 3.05) is 26.6 Å². The van der Waals surface area contributed by atoms with Crippen molar-refractivity contribution in [3.05, 3.63) is 81.6 Å². The fourth-order valence-electron chi connectivity index (χ4n) is 6.68. The zero-order valence-electron chi connectivity index (χ0n) is 29.1. The minimum atomic E-state index is -1.21. The van der Waals surface area contributed by atoms with Gasteiger partial charge >= 0.3 is 5.97 Å². The molecule has 0 radical (unpaired) electrons. The van der Waals surface area contributed by atoms with E-state index in [-0.39, 0.29) is 23.9 Å². The SMILES string of the molecule is CC[C@H](C)[C@H](Nc1ccc2c(cc1=O)[C@@H](NC(C)=O)CCc1cc(OC)c(OC)c(OC)c1-2)C(=O)N[C@@H](Cc1c[nH]c2ccccc12)C(=O)O. The van der Waals surface area contributed by atoms with E-state index in [0.717, 1.165) is 22.0 Å². The maximum atomic E-state index is 14.0. The summed E-state index contributed by atoms with van der Waals surface area (Å²) in [5, 5.41) is 19.9. The van der Waals surface area contributed by atoms with Gasteiger partial charge in [0.05, 0.1) is 33.1 Å².